The molecular weight excluding hydrogens is 356 g/mol. The number of ether oxygens (including phenoxy) is 1. The number of methoxy groups -OCH3 is 1. The molecule has 0 saturated heterocycles. The number of hydrogen-bond acceptors (Lipinski definition) is 4. The minimum atomic E-state index is -0.281. The van der Waals surface area contributed by atoms with Crippen LogP contribution in [0.2, 0.25) is 0 Å². The van der Waals surface area contributed by atoms with Crippen molar-refractivity contribution in [1.29, 1.82) is 0 Å². The molecule has 0 amide bonds. The van der Waals surface area contributed by atoms with E-state index >= 15 is 0 Å². The molecule has 2 nitrogen and oxygen atoms in total. The lowest BCUT2D eigenvalue weighted by atomic mass is 10.1. The standard InChI is InChI=1S/C13H11BrO2S2.C2H6/c1-16-12(15)11-7-10(13(17-2)18-11)8-4-3-5-9(14)6-8;1-2/h3-7H,1-2H3;1-2H3. The quantitative estimate of drug-likeness (QED) is 0.509. The molecule has 0 atom stereocenters. The third-order valence-electron chi connectivity index (χ3n) is 2.41. The highest BCUT2D eigenvalue weighted by Crippen LogP contribution is 2.38. The second kappa shape index (κ2) is 8.49. The van der Waals surface area contributed by atoms with Crippen molar-refractivity contribution in [2.45, 2.75) is 18.1 Å². The predicted molar refractivity (Wildman–Crippen MR) is 91.9 cm³/mol. The molecule has 0 fully saturated rings. The fourth-order valence-corrected chi connectivity index (χ4v) is 3.81. The summed E-state index contributed by atoms with van der Waals surface area (Å²) in [4.78, 5) is 12.2. The lowest BCUT2D eigenvalue weighted by molar-refractivity contribution is 0.0606. The number of carbonyl (C=O) groups is 1. The summed E-state index contributed by atoms with van der Waals surface area (Å²) in [7, 11) is 1.40. The number of carbonyl (C=O) groups excluding carboxylic acids is 1. The van der Waals surface area contributed by atoms with Crippen LogP contribution in [0.25, 0.3) is 11.1 Å². The first-order chi connectivity index (χ1) is 9.65. The Balaban J connectivity index is 0.000000956. The minimum Gasteiger partial charge on any atom is -0.465 e. The molecule has 0 saturated carbocycles. The number of esters is 1. The summed E-state index contributed by atoms with van der Waals surface area (Å²) >= 11 is 6.57. The molecule has 0 aliphatic heterocycles. The second-order valence-corrected chi connectivity index (χ2v) is 6.56. The van der Waals surface area contributed by atoms with E-state index < -0.39 is 0 Å². The highest BCUT2D eigenvalue weighted by atomic mass is 79.9. The molecule has 2 aromatic rings. The summed E-state index contributed by atoms with van der Waals surface area (Å²) in [6.07, 6.45) is 2.01. The topological polar surface area (TPSA) is 26.3 Å². The Morgan fingerprint density at radius 1 is 1.30 bits per heavy atom. The molecular formula is C15H17BrO2S2. The summed E-state index contributed by atoms with van der Waals surface area (Å²) < 4.78 is 6.91. The van der Waals surface area contributed by atoms with Crippen molar-refractivity contribution in [1.82, 2.24) is 0 Å². The van der Waals surface area contributed by atoms with Gasteiger partial charge in [-0.25, -0.2) is 4.79 Å². The summed E-state index contributed by atoms with van der Waals surface area (Å²) in [5.74, 6) is -0.281. The second-order valence-electron chi connectivity index (χ2n) is 3.52. The first kappa shape index (κ1) is 17.3. The predicted octanol–water partition coefficient (Wildman–Crippen LogP) is 5.71. The van der Waals surface area contributed by atoms with E-state index in [0.717, 1.165) is 19.8 Å². The monoisotopic (exact) mass is 372 g/mol. The Hall–Kier alpha value is -0.780. The molecule has 0 aliphatic carbocycles. The SMILES string of the molecule is CC.COC(=O)c1cc(-c2cccc(Br)c2)c(SC)s1. The molecule has 5 heteroatoms. The summed E-state index contributed by atoms with van der Waals surface area (Å²) in [6.45, 7) is 4.00. The first-order valence-corrected chi connectivity index (χ1v) is 9.01. The van der Waals surface area contributed by atoms with E-state index in [9.17, 15) is 4.79 Å². The number of benzene rings is 1. The van der Waals surface area contributed by atoms with Crippen LogP contribution in [0.15, 0.2) is 39.0 Å². The van der Waals surface area contributed by atoms with Crippen LogP contribution < -0.4 is 0 Å². The van der Waals surface area contributed by atoms with E-state index in [-0.39, 0.29) is 5.97 Å². The Kier molecular flexibility index (Phi) is 7.34. The van der Waals surface area contributed by atoms with Crippen LogP contribution in [0.3, 0.4) is 0 Å². The zero-order valence-corrected chi connectivity index (χ0v) is 15.1. The van der Waals surface area contributed by atoms with E-state index in [1.54, 1.807) is 11.8 Å². The summed E-state index contributed by atoms with van der Waals surface area (Å²) in [6, 6.07) is 9.94. The van der Waals surface area contributed by atoms with Crippen molar-refractivity contribution < 1.29 is 9.53 Å². The van der Waals surface area contributed by atoms with Crippen molar-refractivity contribution in [3.8, 4) is 11.1 Å². The van der Waals surface area contributed by atoms with E-state index in [1.165, 1.54) is 18.4 Å². The van der Waals surface area contributed by atoms with E-state index in [0.29, 0.717) is 4.88 Å². The molecule has 20 heavy (non-hydrogen) atoms. The zero-order chi connectivity index (χ0) is 15.1. The zero-order valence-electron chi connectivity index (χ0n) is 11.9. The molecule has 0 spiro atoms. The maximum Gasteiger partial charge on any atom is 0.348 e. The van der Waals surface area contributed by atoms with Gasteiger partial charge in [0.25, 0.3) is 0 Å². The van der Waals surface area contributed by atoms with Gasteiger partial charge in [0.1, 0.15) is 4.88 Å². The molecule has 0 aliphatic rings. The molecule has 0 N–H and O–H groups in total. The van der Waals surface area contributed by atoms with Gasteiger partial charge < -0.3 is 4.74 Å². The smallest absolute Gasteiger partial charge is 0.348 e. The van der Waals surface area contributed by atoms with Crippen molar-refractivity contribution in [3.63, 3.8) is 0 Å². The van der Waals surface area contributed by atoms with Crippen LogP contribution in [0.5, 0.6) is 0 Å². The molecule has 0 unspecified atom stereocenters. The normalized spacial score (nSPS) is 9.65. The molecule has 1 aromatic carbocycles. The Morgan fingerprint density at radius 2 is 2.00 bits per heavy atom. The average molecular weight is 373 g/mol. The number of rotatable bonds is 3. The van der Waals surface area contributed by atoms with Gasteiger partial charge in [0.05, 0.1) is 11.3 Å². The van der Waals surface area contributed by atoms with Crippen LogP contribution in [-0.4, -0.2) is 19.3 Å². The molecule has 1 aromatic heterocycles. The third-order valence-corrected chi connectivity index (χ3v) is 5.15. The van der Waals surface area contributed by atoms with Crippen molar-refractivity contribution in [2.24, 2.45) is 0 Å². The maximum atomic E-state index is 11.6. The number of hydrogen-bond donors (Lipinski definition) is 0. The number of halogens is 1. The van der Waals surface area contributed by atoms with Crippen LogP contribution in [0.4, 0.5) is 0 Å². The Bertz CT molecular complexity index is 579. The highest BCUT2D eigenvalue weighted by Gasteiger charge is 2.15. The van der Waals surface area contributed by atoms with Crippen LogP contribution in [-0.2, 0) is 4.74 Å². The van der Waals surface area contributed by atoms with Gasteiger partial charge in [-0.15, -0.1) is 23.1 Å². The average Bonchev–Trinajstić information content (AvgIpc) is 2.92. The van der Waals surface area contributed by atoms with Crippen LogP contribution in [0, 0.1) is 0 Å². The van der Waals surface area contributed by atoms with Crippen molar-refractivity contribution in [2.75, 3.05) is 13.4 Å². The highest BCUT2D eigenvalue weighted by molar-refractivity contribution is 9.10. The van der Waals surface area contributed by atoms with Gasteiger partial charge in [-0.2, -0.15) is 0 Å². The lowest BCUT2D eigenvalue weighted by Gasteiger charge is -2.01. The van der Waals surface area contributed by atoms with Crippen LogP contribution >= 0.6 is 39.0 Å². The lowest BCUT2D eigenvalue weighted by Crippen LogP contribution is -1.96. The number of thiophene rings is 1. The van der Waals surface area contributed by atoms with Gasteiger partial charge >= 0.3 is 5.97 Å². The minimum absolute atomic E-state index is 0.281. The van der Waals surface area contributed by atoms with Gasteiger partial charge in [0, 0.05) is 10.0 Å². The number of thioether (sulfide) groups is 1. The van der Waals surface area contributed by atoms with Gasteiger partial charge in [-0.1, -0.05) is 41.9 Å². The molecule has 2 rings (SSSR count). The van der Waals surface area contributed by atoms with Gasteiger partial charge in [0.2, 0.25) is 0 Å². The maximum absolute atomic E-state index is 11.6. The molecule has 0 radical (unpaired) electrons. The summed E-state index contributed by atoms with van der Waals surface area (Å²) in [5, 5.41) is 0. The van der Waals surface area contributed by atoms with E-state index in [1.807, 2.05) is 50.4 Å². The van der Waals surface area contributed by atoms with Gasteiger partial charge in [0.15, 0.2) is 0 Å². The Morgan fingerprint density at radius 3 is 2.55 bits per heavy atom. The van der Waals surface area contributed by atoms with E-state index in [4.69, 9.17) is 4.74 Å². The first-order valence-electron chi connectivity index (χ1n) is 6.17. The van der Waals surface area contributed by atoms with Gasteiger partial charge in [-0.3, -0.25) is 0 Å². The third kappa shape index (κ3) is 4.11. The molecule has 1 heterocycles. The fraction of sp³-hybridized carbons (Fsp3) is 0.267. The fourth-order valence-electron chi connectivity index (χ4n) is 1.58. The van der Waals surface area contributed by atoms with Crippen molar-refractivity contribution >= 4 is 45.0 Å². The van der Waals surface area contributed by atoms with E-state index in [2.05, 4.69) is 15.9 Å². The molecule has 108 valence electrons. The summed E-state index contributed by atoms with van der Waals surface area (Å²) in [5.41, 5.74) is 2.18. The van der Waals surface area contributed by atoms with Gasteiger partial charge in [-0.05, 0) is 30.0 Å². The Labute approximate surface area is 136 Å². The molecule has 0 bridgehead atoms. The van der Waals surface area contributed by atoms with Crippen LogP contribution in [0.1, 0.15) is 23.5 Å². The van der Waals surface area contributed by atoms with Crippen molar-refractivity contribution in [3.05, 3.63) is 39.7 Å². The largest absolute Gasteiger partial charge is 0.465 e.